The van der Waals surface area contributed by atoms with E-state index < -0.39 is 5.97 Å². The SMILES string of the molecule is Cc1ccn2cnc(C(=O)OCc3ccccc3Oc3cccnc3)c2c1. The summed E-state index contributed by atoms with van der Waals surface area (Å²) in [6.45, 7) is 2.05. The molecule has 3 heterocycles. The number of imidazole rings is 1. The normalized spacial score (nSPS) is 10.7. The van der Waals surface area contributed by atoms with E-state index in [2.05, 4.69) is 9.97 Å². The highest BCUT2D eigenvalue weighted by molar-refractivity contribution is 5.95. The lowest BCUT2D eigenvalue weighted by atomic mass is 10.2. The van der Waals surface area contributed by atoms with Crippen LogP contribution in [0.5, 0.6) is 11.5 Å². The summed E-state index contributed by atoms with van der Waals surface area (Å²) >= 11 is 0. The highest BCUT2D eigenvalue weighted by Gasteiger charge is 2.16. The Balaban J connectivity index is 1.51. The summed E-state index contributed by atoms with van der Waals surface area (Å²) in [7, 11) is 0. The van der Waals surface area contributed by atoms with Crippen molar-refractivity contribution >= 4 is 11.5 Å². The van der Waals surface area contributed by atoms with Gasteiger partial charge in [-0.05, 0) is 42.8 Å². The van der Waals surface area contributed by atoms with Crippen LogP contribution in [-0.2, 0) is 11.3 Å². The molecule has 4 rings (SSSR count). The van der Waals surface area contributed by atoms with Gasteiger partial charge in [0.1, 0.15) is 24.4 Å². The molecule has 0 bridgehead atoms. The predicted octanol–water partition coefficient (Wildman–Crippen LogP) is 4.19. The molecule has 0 saturated carbocycles. The number of benzene rings is 1. The number of ether oxygens (including phenoxy) is 2. The quantitative estimate of drug-likeness (QED) is 0.500. The molecule has 4 aromatic rings. The fourth-order valence-electron chi connectivity index (χ4n) is 2.72. The van der Waals surface area contributed by atoms with Gasteiger partial charge in [0.2, 0.25) is 0 Å². The first-order valence-corrected chi connectivity index (χ1v) is 8.47. The number of pyridine rings is 2. The van der Waals surface area contributed by atoms with Crippen molar-refractivity contribution in [3.05, 3.63) is 90.3 Å². The van der Waals surface area contributed by atoms with Crippen LogP contribution >= 0.6 is 0 Å². The first-order valence-electron chi connectivity index (χ1n) is 8.47. The first kappa shape index (κ1) is 16.8. The average Bonchev–Trinajstić information content (AvgIpc) is 3.11. The number of esters is 1. The third-order valence-corrected chi connectivity index (χ3v) is 4.08. The van der Waals surface area contributed by atoms with E-state index in [1.54, 1.807) is 29.2 Å². The van der Waals surface area contributed by atoms with E-state index >= 15 is 0 Å². The summed E-state index contributed by atoms with van der Waals surface area (Å²) in [6.07, 6.45) is 6.77. The van der Waals surface area contributed by atoms with Crippen LogP contribution in [0.4, 0.5) is 0 Å². The molecule has 0 unspecified atom stereocenters. The number of rotatable bonds is 5. The van der Waals surface area contributed by atoms with E-state index in [-0.39, 0.29) is 6.61 Å². The summed E-state index contributed by atoms with van der Waals surface area (Å²) in [5, 5.41) is 0. The number of hydrogen-bond acceptors (Lipinski definition) is 5. The molecule has 0 aliphatic rings. The molecule has 0 N–H and O–H groups in total. The molecule has 0 radical (unpaired) electrons. The Hall–Kier alpha value is -3.67. The second-order valence-corrected chi connectivity index (χ2v) is 6.06. The number of para-hydroxylation sites is 1. The summed E-state index contributed by atoms with van der Waals surface area (Å²) < 4.78 is 13.1. The van der Waals surface area contributed by atoms with Gasteiger partial charge in [-0.3, -0.25) is 4.98 Å². The maximum Gasteiger partial charge on any atom is 0.359 e. The third-order valence-electron chi connectivity index (χ3n) is 4.08. The maximum atomic E-state index is 12.5. The molecule has 6 heteroatoms. The van der Waals surface area contributed by atoms with Gasteiger partial charge < -0.3 is 13.9 Å². The molecule has 1 aromatic carbocycles. The van der Waals surface area contributed by atoms with Gasteiger partial charge in [-0.25, -0.2) is 9.78 Å². The van der Waals surface area contributed by atoms with E-state index in [0.29, 0.717) is 17.2 Å². The van der Waals surface area contributed by atoms with Gasteiger partial charge in [-0.2, -0.15) is 0 Å². The van der Waals surface area contributed by atoms with Gasteiger partial charge in [-0.15, -0.1) is 0 Å². The van der Waals surface area contributed by atoms with Gasteiger partial charge in [-0.1, -0.05) is 18.2 Å². The Bertz CT molecular complexity index is 1090. The van der Waals surface area contributed by atoms with Crippen molar-refractivity contribution in [2.24, 2.45) is 0 Å². The molecule has 3 aromatic heterocycles. The smallest absolute Gasteiger partial charge is 0.359 e. The van der Waals surface area contributed by atoms with Gasteiger partial charge in [0.15, 0.2) is 5.69 Å². The Morgan fingerprint density at radius 3 is 2.89 bits per heavy atom. The molecule has 0 aliphatic carbocycles. The highest BCUT2D eigenvalue weighted by Crippen LogP contribution is 2.25. The number of aryl methyl sites for hydroxylation is 1. The van der Waals surface area contributed by atoms with Crippen LogP contribution in [-0.4, -0.2) is 20.3 Å². The van der Waals surface area contributed by atoms with Gasteiger partial charge in [0.25, 0.3) is 0 Å². The van der Waals surface area contributed by atoms with Crippen molar-refractivity contribution in [1.29, 1.82) is 0 Å². The van der Waals surface area contributed by atoms with E-state index in [9.17, 15) is 4.79 Å². The lowest BCUT2D eigenvalue weighted by Crippen LogP contribution is -2.07. The fraction of sp³-hybridized carbons (Fsp3) is 0.0952. The Morgan fingerprint density at radius 1 is 1.15 bits per heavy atom. The van der Waals surface area contributed by atoms with Crippen molar-refractivity contribution in [2.45, 2.75) is 13.5 Å². The fourth-order valence-corrected chi connectivity index (χ4v) is 2.72. The summed E-state index contributed by atoms with van der Waals surface area (Å²) in [5.74, 6) is 0.759. The third kappa shape index (κ3) is 3.64. The summed E-state index contributed by atoms with van der Waals surface area (Å²) in [4.78, 5) is 20.7. The number of aromatic nitrogens is 3. The number of carbonyl (C=O) groups excluding carboxylic acids is 1. The zero-order valence-electron chi connectivity index (χ0n) is 14.7. The molecule has 0 aliphatic heterocycles. The van der Waals surface area contributed by atoms with Crippen LogP contribution in [0.3, 0.4) is 0 Å². The van der Waals surface area contributed by atoms with Crippen LogP contribution in [0, 0.1) is 6.92 Å². The lowest BCUT2D eigenvalue weighted by molar-refractivity contribution is 0.0467. The second-order valence-electron chi connectivity index (χ2n) is 6.06. The zero-order valence-corrected chi connectivity index (χ0v) is 14.7. The van der Waals surface area contributed by atoms with E-state index in [1.807, 2.05) is 55.6 Å². The monoisotopic (exact) mass is 359 g/mol. The van der Waals surface area contributed by atoms with Gasteiger partial charge in [0, 0.05) is 18.0 Å². The number of fused-ring (bicyclic) bond motifs is 1. The van der Waals surface area contributed by atoms with Crippen LogP contribution in [0.1, 0.15) is 21.6 Å². The molecular weight excluding hydrogens is 342 g/mol. The summed E-state index contributed by atoms with van der Waals surface area (Å²) in [6, 6.07) is 14.9. The second kappa shape index (κ2) is 7.29. The van der Waals surface area contributed by atoms with Crippen molar-refractivity contribution < 1.29 is 14.3 Å². The van der Waals surface area contributed by atoms with E-state index in [1.165, 1.54) is 0 Å². The van der Waals surface area contributed by atoms with Crippen molar-refractivity contribution in [3.63, 3.8) is 0 Å². The van der Waals surface area contributed by atoms with E-state index in [4.69, 9.17) is 9.47 Å². The van der Waals surface area contributed by atoms with Crippen molar-refractivity contribution in [1.82, 2.24) is 14.4 Å². The number of nitrogens with zero attached hydrogens (tertiary/aromatic N) is 3. The molecule has 0 amide bonds. The number of hydrogen-bond donors (Lipinski definition) is 0. The average molecular weight is 359 g/mol. The standard InChI is InChI=1S/C21H17N3O3/c1-15-8-10-24-14-23-20(18(24)11-15)21(25)26-13-16-5-2-3-7-19(16)27-17-6-4-9-22-12-17/h2-12,14H,13H2,1H3. The minimum absolute atomic E-state index is 0.0834. The topological polar surface area (TPSA) is 65.7 Å². The predicted molar refractivity (Wildman–Crippen MR) is 99.8 cm³/mol. The molecular formula is C21H17N3O3. The van der Waals surface area contributed by atoms with Gasteiger partial charge in [0.05, 0.1) is 11.7 Å². The Morgan fingerprint density at radius 2 is 2.04 bits per heavy atom. The minimum Gasteiger partial charge on any atom is -0.456 e. The van der Waals surface area contributed by atoms with Crippen molar-refractivity contribution in [3.8, 4) is 11.5 Å². The van der Waals surface area contributed by atoms with E-state index in [0.717, 1.165) is 16.6 Å². The molecule has 0 saturated heterocycles. The highest BCUT2D eigenvalue weighted by atomic mass is 16.5. The van der Waals surface area contributed by atoms with Crippen molar-refractivity contribution in [2.75, 3.05) is 0 Å². The molecule has 0 atom stereocenters. The molecule has 0 fully saturated rings. The van der Waals surface area contributed by atoms with Crippen LogP contribution in [0.15, 0.2) is 73.4 Å². The Labute approximate surface area is 156 Å². The zero-order chi connectivity index (χ0) is 18.6. The maximum absolute atomic E-state index is 12.5. The summed E-state index contributed by atoms with van der Waals surface area (Å²) in [5.41, 5.74) is 2.82. The van der Waals surface area contributed by atoms with Gasteiger partial charge >= 0.3 is 5.97 Å². The first-order chi connectivity index (χ1) is 13.2. The lowest BCUT2D eigenvalue weighted by Gasteiger charge is -2.11. The molecule has 6 nitrogen and oxygen atoms in total. The van der Waals surface area contributed by atoms with Crippen LogP contribution in [0.25, 0.3) is 5.52 Å². The van der Waals surface area contributed by atoms with Crippen LogP contribution in [0.2, 0.25) is 0 Å². The van der Waals surface area contributed by atoms with Crippen LogP contribution < -0.4 is 4.74 Å². The molecule has 0 spiro atoms. The Kier molecular flexibility index (Phi) is 4.53. The molecule has 134 valence electrons. The largest absolute Gasteiger partial charge is 0.456 e. The number of carbonyl (C=O) groups is 1. The minimum atomic E-state index is -0.473. The molecule has 27 heavy (non-hydrogen) atoms.